The van der Waals surface area contributed by atoms with E-state index >= 15 is 0 Å². The molecule has 1 N–H and O–H groups in total. The van der Waals surface area contributed by atoms with Crippen LogP contribution in [0.3, 0.4) is 0 Å². The van der Waals surface area contributed by atoms with Crippen LogP contribution in [0.5, 0.6) is 5.75 Å². The molecule has 19 heavy (non-hydrogen) atoms. The van der Waals surface area contributed by atoms with E-state index in [0.29, 0.717) is 17.6 Å². The SMILES string of the molecule is C#CCc1ccnc(B2OC(C)(C)C(C)(C)O2)c1O. The zero-order valence-electron chi connectivity index (χ0n) is 11.7. The van der Waals surface area contributed by atoms with Gasteiger partial charge in [-0.15, -0.1) is 12.3 Å². The van der Waals surface area contributed by atoms with E-state index in [-0.39, 0.29) is 5.75 Å². The first-order valence-corrected chi connectivity index (χ1v) is 6.24. The fraction of sp³-hybridized carbons (Fsp3) is 0.500. The van der Waals surface area contributed by atoms with E-state index in [0.717, 1.165) is 0 Å². The summed E-state index contributed by atoms with van der Waals surface area (Å²) >= 11 is 0. The van der Waals surface area contributed by atoms with Gasteiger partial charge in [0.25, 0.3) is 0 Å². The van der Waals surface area contributed by atoms with Gasteiger partial charge >= 0.3 is 7.12 Å². The van der Waals surface area contributed by atoms with Gasteiger partial charge in [-0.25, -0.2) is 0 Å². The van der Waals surface area contributed by atoms with Crippen LogP contribution < -0.4 is 5.59 Å². The largest absolute Gasteiger partial charge is 0.518 e. The molecule has 5 heteroatoms. The minimum atomic E-state index is -0.678. The van der Waals surface area contributed by atoms with E-state index in [4.69, 9.17) is 15.7 Å². The van der Waals surface area contributed by atoms with E-state index in [2.05, 4.69) is 10.9 Å². The number of pyridine rings is 1. The van der Waals surface area contributed by atoms with Gasteiger partial charge in [-0.3, -0.25) is 4.98 Å². The lowest BCUT2D eigenvalue weighted by atomic mass is 9.82. The number of hydrogen-bond acceptors (Lipinski definition) is 4. The van der Waals surface area contributed by atoms with Crippen molar-refractivity contribution in [3.05, 3.63) is 17.8 Å². The Labute approximate surface area is 114 Å². The Balaban J connectivity index is 2.35. The lowest BCUT2D eigenvalue weighted by Crippen LogP contribution is -2.41. The van der Waals surface area contributed by atoms with Gasteiger partial charge in [0.2, 0.25) is 0 Å². The molecule has 0 bridgehead atoms. The van der Waals surface area contributed by atoms with Crippen molar-refractivity contribution in [3.63, 3.8) is 0 Å². The van der Waals surface area contributed by atoms with Gasteiger partial charge in [-0.05, 0) is 33.8 Å². The second-order valence-electron chi connectivity index (χ2n) is 5.67. The predicted octanol–water partition coefficient (Wildman–Crippen LogP) is 1.26. The zero-order valence-corrected chi connectivity index (χ0v) is 11.7. The zero-order chi connectivity index (χ0) is 14.3. The monoisotopic (exact) mass is 259 g/mol. The molecule has 0 saturated carbocycles. The summed E-state index contributed by atoms with van der Waals surface area (Å²) in [6, 6.07) is 1.70. The number of rotatable bonds is 2. The van der Waals surface area contributed by atoms with E-state index in [1.807, 2.05) is 27.7 Å². The first-order chi connectivity index (χ1) is 8.78. The Bertz CT molecular complexity index is 518. The van der Waals surface area contributed by atoms with Crippen LogP contribution in [-0.2, 0) is 15.7 Å². The Morgan fingerprint density at radius 2 is 1.89 bits per heavy atom. The lowest BCUT2D eigenvalue weighted by molar-refractivity contribution is 0.00578. The Hall–Kier alpha value is -1.51. The minimum Gasteiger partial charge on any atom is -0.506 e. The van der Waals surface area contributed by atoms with Crippen molar-refractivity contribution < 1.29 is 14.4 Å². The Kier molecular flexibility index (Phi) is 3.33. The average molecular weight is 259 g/mol. The molecule has 0 amide bonds. The maximum absolute atomic E-state index is 10.2. The van der Waals surface area contributed by atoms with Gasteiger partial charge in [0.05, 0.1) is 11.2 Å². The van der Waals surface area contributed by atoms with Crippen molar-refractivity contribution in [2.24, 2.45) is 0 Å². The van der Waals surface area contributed by atoms with Crippen molar-refractivity contribution in [1.82, 2.24) is 4.98 Å². The number of aromatic nitrogens is 1. The van der Waals surface area contributed by atoms with Crippen molar-refractivity contribution >= 4 is 12.7 Å². The van der Waals surface area contributed by atoms with E-state index in [1.54, 1.807) is 12.3 Å². The second-order valence-corrected chi connectivity index (χ2v) is 5.67. The molecule has 1 aliphatic rings. The summed E-state index contributed by atoms with van der Waals surface area (Å²) in [6.07, 6.45) is 7.23. The molecule has 2 heterocycles. The van der Waals surface area contributed by atoms with Crippen LogP contribution in [0.15, 0.2) is 12.3 Å². The van der Waals surface area contributed by atoms with Gasteiger partial charge in [0.15, 0.2) is 0 Å². The van der Waals surface area contributed by atoms with Crippen LogP contribution in [-0.4, -0.2) is 28.4 Å². The average Bonchev–Trinajstić information content (AvgIpc) is 2.51. The summed E-state index contributed by atoms with van der Waals surface area (Å²) < 4.78 is 11.7. The third-order valence-corrected chi connectivity index (χ3v) is 3.81. The van der Waals surface area contributed by atoms with E-state index in [1.165, 1.54) is 0 Å². The van der Waals surface area contributed by atoms with Crippen LogP contribution in [0.1, 0.15) is 33.3 Å². The maximum atomic E-state index is 10.2. The predicted molar refractivity (Wildman–Crippen MR) is 74.2 cm³/mol. The first-order valence-electron chi connectivity index (χ1n) is 6.24. The molecule has 2 rings (SSSR count). The molecular weight excluding hydrogens is 241 g/mol. The summed E-state index contributed by atoms with van der Waals surface area (Å²) in [6.45, 7) is 7.81. The van der Waals surface area contributed by atoms with Crippen molar-refractivity contribution in [2.45, 2.75) is 45.3 Å². The van der Waals surface area contributed by atoms with Gasteiger partial charge in [0.1, 0.15) is 11.3 Å². The van der Waals surface area contributed by atoms with Crippen LogP contribution in [0.4, 0.5) is 0 Å². The molecule has 0 unspecified atom stereocenters. The summed E-state index contributed by atoms with van der Waals surface area (Å²) in [4.78, 5) is 4.17. The number of terminal acetylenes is 1. The van der Waals surface area contributed by atoms with E-state index in [9.17, 15) is 5.11 Å². The van der Waals surface area contributed by atoms with E-state index < -0.39 is 18.3 Å². The lowest BCUT2D eigenvalue weighted by Gasteiger charge is -2.32. The molecule has 0 atom stereocenters. The summed E-state index contributed by atoms with van der Waals surface area (Å²) in [5.41, 5.74) is 0.107. The first kappa shape index (κ1) is 13.9. The standard InChI is InChI=1S/C14H18BNO3/c1-6-7-10-8-9-16-12(11(10)17)15-18-13(2,3)14(4,5)19-15/h1,8-9,17H,7H2,2-5H3. The highest BCUT2D eigenvalue weighted by Gasteiger charge is 2.53. The second kappa shape index (κ2) is 4.55. The molecule has 1 aromatic rings. The molecule has 1 aliphatic heterocycles. The highest BCUT2D eigenvalue weighted by Crippen LogP contribution is 2.37. The number of aromatic hydroxyl groups is 1. The van der Waals surface area contributed by atoms with Crippen molar-refractivity contribution in [3.8, 4) is 18.1 Å². The molecule has 1 saturated heterocycles. The molecular formula is C14H18BNO3. The molecule has 0 spiro atoms. The molecule has 4 nitrogen and oxygen atoms in total. The minimum absolute atomic E-state index is 0.0546. The third-order valence-electron chi connectivity index (χ3n) is 3.81. The quantitative estimate of drug-likeness (QED) is 0.641. The van der Waals surface area contributed by atoms with Gasteiger partial charge < -0.3 is 14.4 Å². The van der Waals surface area contributed by atoms with Gasteiger partial charge in [0, 0.05) is 18.2 Å². The van der Waals surface area contributed by atoms with Gasteiger partial charge in [-0.2, -0.15) is 0 Å². The molecule has 1 aromatic heterocycles. The van der Waals surface area contributed by atoms with Crippen LogP contribution in [0.2, 0.25) is 0 Å². The van der Waals surface area contributed by atoms with Crippen LogP contribution in [0, 0.1) is 12.3 Å². The summed E-state index contributed by atoms with van der Waals surface area (Å²) in [5.74, 6) is 2.56. The highest BCUT2D eigenvalue weighted by atomic mass is 16.7. The number of nitrogens with zero attached hydrogens (tertiary/aromatic N) is 1. The third kappa shape index (κ3) is 2.34. The van der Waals surface area contributed by atoms with Crippen molar-refractivity contribution in [1.29, 1.82) is 0 Å². The fourth-order valence-electron chi connectivity index (χ4n) is 1.89. The fourth-order valence-corrected chi connectivity index (χ4v) is 1.89. The van der Waals surface area contributed by atoms with Crippen LogP contribution in [0.25, 0.3) is 0 Å². The van der Waals surface area contributed by atoms with Crippen molar-refractivity contribution in [2.75, 3.05) is 0 Å². The normalized spacial score (nSPS) is 20.3. The molecule has 1 fully saturated rings. The molecule has 100 valence electrons. The molecule has 0 aliphatic carbocycles. The Morgan fingerprint density at radius 1 is 1.32 bits per heavy atom. The molecule has 0 aromatic carbocycles. The maximum Gasteiger partial charge on any atom is 0.518 e. The topological polar surface area (TPSA) is 51.6 Å². The summed E-state index contributed by atoms with van der Waals surface area (Å²) in [7, 11) is -0.678. The smallest absolute Gasteiger partial charge is 0.506 e. The number of hydrogen-bond donors (Lipinski definition) is 1. The molecule has 0 radical (unpaired) electrons. The summed E-state index contributed by atoms with van der Waals surface area (Å²) in [5, 5.41) is 10.2. The van der Waals surface area contributed by atoms with Gasteiger partial charge in [-0.1, -0.05) is 0 Å². The van der Waals surface area contributed by atoms with Crippen LogP contribution >= 0.6 is 0 Å². The Morgan fingerprint density at radius 3 is 2.42 bits per heavy atom. The highest BCUT2D eigenvalue weighted by molar-refractivity contribution is 6.62.